The standard InChI is InChI=1S/C21H22N6O3/c1-29-15-8-9-18(30-2)17(12-15)24-19-16-13-23-27(14-6-4-3-5-7-14)20(16)26-21(25-19)22-10-11-28/h3-9,12-13,28H,10-11H2,1-2H3,(H2,22,24,25,26). The summed E-state index contributed by atoms with van der Waals surface area (Å²) in [5.74, 6) is 2.25. The van der Waals surface area contributed by atoms with Crippen LogP contribution in [-0.4, -0.2) is 52.2 Å². The predicted octanol–water partition coefficient (Wildman–Crippen LogP) is 2.98. The van der Waals surface area contributed by atoms with E-state index in [1.54, 1.807) is 25.1 Å². The van der Waals surface area contributed by atoms with Gasteiger partial charge < -0.3 is 25.2 Å². The fourth-order valence-corrected chi connectivity index (χ4v) is 3.05. The molecule has 0 atom stereocenters. The smallest absolute Gasteiger partial charge is 0.226 e. The van der Waals surface area contributed by atoms with Gasteiger partial charge in [-0.25, -0.2) is 4.68 Å². The van der Waals surface area contributed by atoms with E-state index in [0.29, 0.717) is 41.1 Å². The summed E-state index contributed by atoms with van der Waals surface area (Å²) < 4.78 is 12.5. The van der Waals surface area contributed by atoms with Crippen LogP contribution >= 0.6 is 0 Å². The number of hydrogen-bond acceptors (Lipinski definition) is 8. The third-order valence-electron chi connectivity index (χ3n) is 4.48. The van der Waals surface area contributed by atoms with E-state index in [1.807, 2.05) is 48.5 Å². The number of nitrogens with zero attached hydrogens (tertiary/aromatic N) is 4. The summed E-state index contributed by atoms with van der Waals surface area (Å²) in [7, 11) is 3.21. The molecule has 2 aromatic heterocycles. The lowest BCUT2D eigenvalue weighted by Crippen LogP contribution is -2.10. The van der Waals surface area contributed by atoms with Gasteiger partial charge in [-0.3, -0.25) is 0 Å². The summed E-state index contributed by atoms with van der Waals surface area (Å²) in [6, 6.07) is 15.2. The van der Waals surface area contributed by atoms with Crippen molar-refractivity contribution >= 4 is 28.5 Å². The minimum atomic E-state index is -0.0359. The number of aliphatic hydroxyl groups excluding tert-OH is 1. The van der Waals surface area contributed by atoms with Crippen molar-refractivity contribution in [2.24, 2.45) is 0 Å². The maximum atomic E-state index is 9.18. The fraction of sp³-hybridized carbons (Fsp3) is 0.190. The Morgan fingerprint density at radius 2 is 1.87 bits per heavy atom. The van der Waals surface area contributed by atoms with E-state index in [9.17, 15) is 5.11 Å². The van der Waals surface area contributed by atoms with Crippen molar-refractivity contribution in [1.82, 2.24) is 19.7 Å². The van der Waals surface area contributed by atoms with Gasteiger partial charge in [-0.1, -0.05) is 18.2 Å². The Labute approximate surface area is 173 Å². The second-order valence-corrected chi connectivity index (χ2v) is 6.37. The minimum absolute atomic E-state index is 0.0359. The van der Waals surface area contributed by atoms with Crippen molar-refractivity contribution < 1.29 is 14.6 Å². The number of benzene rings is 2. The second kappa shape index (κ2) is 8.66. The monoisotopic (exact) mass is 406 g/mol. The zero-order valence-corrected chi connectivity index (χ0v) is 16.7. The fourth-order valence-electron chi connectivity index (χ4n) is 3.05. The summed E-state index contributed by atoms with van der Waals surface area (Å²) in [5.41, 5.74) is 2.20. The molecule has 0 radical (unpaired) electrons. The van der Waals surface area contributed by atoms with E-state index < -0.39 is 0 Å². The molecular weight excluding hydrogens is 384 g/mol. The van der Waals surface area contributed by atoms with E-state index in [4.69, 9.17) is 9.47 Å². The molecule has 154 valence electrons. The molecule has 9 heteroatoms. The Morgan fingerprint density at radius 1 is 1.03 bits per heavy atom. The van der Waals surface area contributed by atoms with Crippen molar-refractivity contribution in [3.8, 4) is 17.2 Å². The van der Waals surface area contributed by atoms with Crippen molar-refractivity contribution in [2.75, 3.05) is 38.0 Å². The molecule has 30 heavy (non-hydrogen) atoms. The lowest BCUT2D eigenvalue weighted by atomic mass is 10.2. The van der Waals surface area contributed by atoms with Gasteiger partial charge >= 0.3 is 0 Å². The van der Waals surface area contributed by atoms with Gasteiger partial charge in [0.1, 0.15) is 17.3 Å². The normalized spacial score (nSPS) is 10.8. The molecule has 2 heterocycles. The third-order valence-corrected chi connectivity index (χ3v) is 4.48. The molecular formula is C21H22N6O3. The zero-order valence-electron chi connectivity index (χ0n) is 16.7. The molecule has 0 fully saturated rings. The number of fused-ring (bicyclic) bond motifs is 1. The van der Waals surface area contributed by atoms with Crippen LogP contribution in [0.3, 0.4) is 0 Å². The lowest BCUT2D eigenvalue weighted by Gasteiger charge is -2.14. The molecule has 0 amide bonds. The molecule has 0 aliphatic heterocycles. The highest BCUT2D eigenvalue weighted by molar-refractivity contribution is 5.91. The number of hydrogen-bond donors (Lipinski definition) is 3. The Morgan fingerprint density at radius 3 is 2.60 bits per heavy atom. The first-order chi connectivity index (χ1) is 14.7. The quantitative estimate of drug-likeness (QED) is 0.410. The van der Waals surface area contributed by atoms with Crippen molar-refractivity contribution in [3.63, 3.8) is 0 Å². The Bertz CT molecular complexity index is 1150. The highest BCUT2D eigenvalue weighted by Crippen LogP contribution is 2.33. The molecule has 4 rings (SSSR count). The summed E-state index contributed by atoms with van der Waals surface area (Å²) in [5, 5.41) is 20.8. The largest absolute Gasteiger partial charge is 0.497 e. The highest BCUT2D eigenvalue weighted by atomic mass is 16.5. The summed E-state index contributed by atoms with van der Waals surface area (Å²) in [6.45, 7) is 0.290. The molecule has 9 nitrogen and oxygen atoms in total. The van der Waals surface area contributed by atoms with Crippen LogP contribution in [0.2, 0.25) is 0 Å². The first-order valence-electron chi connectivity index (χ1n) is 9.38. The van der Waals surface area contributed by atoms with Gasteiger partial charge in [0, 0.05) is 12.6 Å². The Kier molecular flexibility index (Phi) is 5.62. The van der Waals surface area contributed by atoms with Gasteiger partial charge in [0.05, 0.1) is 43.8 Å². The number of methoxy groups -OCH3 is 2. The van der Waals surface area contributed by atoms with Crippen molar-refractivity contribution in [1.29, 1.82) is 0 Å². The topological polar surface area (TPSA) is 106 Å². The van der Waals surface area contributed by atoms with E-state index in [2.05, 4.69) is 25.7 Å². The van der Waals surface area contributed by atoms with Gasteiger partial charge in [-0.2, -0.15) is 15.1 Å². The third kappa shape index (κ3) is 3.83. The highest BCUT2D eigenvalue weighted by Gasteiger charge is 2.16. The number of rotatable bonds is 8. The minimum Gasteiger partial charge on any atom is -0.497 e. The maximum absolute atomic E-state index is 9.18. The van der Waals surface area contributed by atoms with Crippen molar-refractivity contribution in [3.05, 3.63) is 54.7 Å². The van der Waals surface area contributed by atoms with E-state index >= 15 is 0 Å². The molecule has 0 aliphatic rings. The van der Waals surface area contributed by atoms with Crippen LogP contribution in [0.5, 0.6) is 11.5 Å². The summed E-state index contributed by atoms with van der Waals surface area (Å²) >= 11 is 0. The van der Waals surface area contributed by atoms with Crippen LogP contribution in [0.15, 0.2) is 54.7 Å². The number of aliphatic hydroxyl groups is 1. The number of anilines is 3. The van der Waals surface area contributed by atoms with E-state index in [1.165, 1.54) is 0 Å². The molecule has 0 unspecified atom stereocenters. The molecule has 3 N–H and O–H groups in total. The predicted molar refractivity (Wildman–Crippen MR) is 115 cm³/mol. The van der Waals surface area contributed by atoms with Crippen LogP contribution in [0.4, 0.5) is 17.5 Å². The number of ether oxygens (including phenoxy) is 2. The molecule has 0 spiro atoms. The SMILES string of the molecule is COc1ccc(OC)c(Nc2nc(NCCO)nc3c2cnn3-c2ccccc2)c1. The van der Waals surface area contributed by atoms with Crippen LogP contribution in [0.1, 0.15) is 0 Å². The average Bonchev–Trinajstić information content (AvgIpc) is 3.22. The second-order valence-electron chi connectivity index (χ2n) is 6.37. The number of nitrogens with one attached hydrogen (secondary N) is 2. The summed E-state index contributed by atoms with van der Waals surface area (Å²) in [4.78, 5) is 9.18. The van der Waals surface area contributed by atoms with Crippen LogP contribution in [0.25, 0.3) is 16.7 Å². The first-order valence-corrected chi connectivity index (χ1v) is 9.38. The van der Waals surface area contributed by atoms with Crippen LogP contribution < -0.4 is 20.1 Å². The van der Waals surface area contributed by atoms with Gasteiger partial charge in [0.15, 0.2) is 5.65 Å². The van der Waals surface area contributed by atoms with Gasteiger partial charge in [0.2, 0.25) is 5.95 Å². The average molecular weight is 406 g/mol. The number of aromatic nitrogens is 4. The molecule has 4 aromatic rings. The van der Waals surface area contributed by atoms with Gasteiger partial charge in [-0.15, -0.1) is 0 Å². The molecule has 0 saturated carbocycles. The van der Waals surface area contributed by atoms with Gasteiger partial charge in [0.25, 0.3) is 0 Å². The van der Waals surface area contributed by atoms with E-state index in [-0.39, 0.29) is 6.61 Å². The molecule has 0 saturated heterocycles. The maximum Gasteiger partial charge on any atom is 0.226 e. The molecule has 0 bridgehead atoms. The van der Waals surface area contributed by atoms with Gasteiger partial charge in [-0.05, 0) is 24.3 Å². The Hall–Kier alpha value is -3.85. The number of para-hydroxylation sites is 1. The first kappa shape index (κ1) is 19.5. The van der Waals surface area contributed by atoms with Crippen molar-refractivity contribution in [2.45, 2.75) is 0 Å². The summed E-state index contributed by atoms with van der Waals surface area (Å²) in [6.07, 6.45) is 1.72. The van der Waals surface area contributed by atoms with Crippen LogP contribution in [-0.2, 0) is 0 Å². The Balaban J connectivity index is 1.84. The van der Waals surface area contributed by atoms with E-state index in [0.717, 1.165) is 11.1 Å². The molecule has 2 aromatic carbocycles. The zero-order chi connectivity index (χ0) is 20.9. The lowest BCUT2D eigenvalue weighted by molar-refractivity contribution is 0.311. The van der Waals surface area contributed by atoms with Crippen LogP contribution in [0, 0.1) is 0 Å². The molecule has 0 aliphatic carbocycles.